The fourth-order valence-electron chi connectivity index (χ4n) is 1.55. The van der Waals surface area contributed by atoms with Crippen molar-refractivity contribution in [3.8, 4) is 10.8 Å². The molecule has 2 N–H and O–H groups in total. The molecule has 0 unspecified atom stereocenters. The van der Waals surface area contributed by atoms with Gasteiger partial charge in [-0.3, -0.25) is 5.32 Å². The van der Waals surface area contributed by atoms with Gasteiger partial charge in [0.25, 0.3) is 0 Å². The van der Waals surface area contributed by atoms with Gasteiger partial charge >= 0.3 is 6.03 Å². The van der Waals surface area contributed by atoms with Gasteiger partial charge in [-0.15, -0.1) is 10.2 Å². The number of furan rings is 1. The first-order chi connectivity index (χ1) is 9.81. The first-order valence-electron chi connectivity index (χ1n) is 5.82. The second-order valence-corrected chi connectivity index (χ2v) is 4.81. The Labute approximate surface area is 118 Å². The summed E-state index contributed by atoms with van der Waals surface area (Å²) < 4.78 is 5.21. The molecule has 100 valence electrons. The number of urea groups is 1. The van der Waals surface area contributed by atoms with Gasteiger partial charge in [0, 0.05) is 5.69 Å². The van der Waals surface area contributed by atoms with Crippen LogP contribution >= 0.6 is 11.3 Å². The maximum absolute atomic E-state index is 11.8. The highest BCUT2D eigenvalue weighted by molar-refractivity contribution is 7.18. The fourth-order valence-corrected chi connectivity index (χ4v) is 2.26. The van der Waals surface area contributed by atoms with Crippen molar-refractivity contribution in [2.45, 2.75) is 0 Å². The van der Waals surface area contributed by atoms with Gasteiger partial charge in [0.15, 0.2) is 10.8 Å². The molecule has 2 amide bonds. The molecule has 3 aromatic rings. The van der Waals surface area contributed by atoms with E-state index in [0.29, 0.717) is 21.6 Å². The van der Waals surface area contributed by atoms with Crippen molar-refractivity contribution in [1.82, 2.24) is 10.2 Å². The van der Waals surface area contributed by atoms with E-state index in [2.05, 4.69) is 20.8 Å². The summed E-state index contributed by atoms with van der Waals surface area (Å²) in [5.74, 6) is 0.624. The maximum atomic E-state index is 11.8. The molecule has 0 spiro atoms. The lowest BCUT2D eigenvalue weighted by molar-refractivity contribution is 0.262. The maximum Gasteiger partial charge on any atom is 0.325 e. The smallest absolute Gasteiger partial charge is 0.325 e. The Morgan fingerprint density at radius 1 is 1.05 bits per heavy atom. The number of carbonyl (C=O) groups is 1. The summed E-state index contributed by atoms with van der Waals surface area (Å²) in [7, 11) is 0. The predicted octanol–water partition coefficient (Wildman–Crippen LogP) is 3.44. The quantitative estimate of drug-likeness (QED) is 0.773. The van der Waals surface area contributed by atoms with Gasteiger partial charge in [-0.25, -0.2) is 4.79 Å². The van der Waals surface area contributed by atoms with Crippen molar-refractivity contribution >= 4 is 28.2 Å². The van der Waals surface area contributed by atoms with E-state index in [-0.39, 0.29) is 6.03 Å². The van der Waals surface area contributed by atoms with Crippen LogP contribution in [-0.4, -0.2) is 16.2 Å². The van der Waals surface area contributed by atoms with E-state index in [4.69, 9.17) is 4.42 Å². The van der Waals surface area contributed by atoms with Crippen molar-refractivity contribution < 1.29 is 9.21 Å². The van der Waals surface area contributed by atoms with E-state index in [1.165, 1.54) is 11.3 Å². The van der Waals surface area contributed by atoms with Crippen LogP contribution in [0.2, 0.25) is 0 Å². The Bertz CT molecular complexity index is 694. The lowest BCUT2D eigenvalue weighted by Gasteiger charge is -2.03. The molecule has 0 saturated carbocycles. The highest BCUT2D eigenvalue weighted by Crippen LogP contribution is 2.26. The van der Waals surface area contributed by atoms with Gasteiger partial charge in [-0.1, -0.05) is 29.5 Å². The Hall–Kier alpha value is -2.67. The summed E-state index contributed by atoms with van der Waals surface area (Å²) in [4.78, 5) is 11.8. The summed E-state index contributed by atoms with van der Waals surface area (Å²) in [6, 6.07) is 12.4. The van der Waals surface area contributed by atoms with Gasteiger partial charge in [0.2, 0.25) is 5.13 Å². The Kier molecular flexibility index (Phi) is 3.42. The molecule has 0 saturated heterocycles. The molecule has 0 bridgehead atoms. The van der Waals surface area contributed by atoms with Crippen molar-refractivity contribution in [3.63, 3.8) is 0 Å². The number of aromatic nitrogens is 2. The zero-order valence-electron chi connectivity index (χ0n) is 10.2. The minimum atomic E-state index is -0.363. The topological polar surface area (TPSA) is 80.0 Å². The van der Waals surface area contributed by atoms with E-state index in [1.807, 2.05) is 18.2 Å². The Morgan fingerprint density at radius 3 is 2.65 bits per heavy atom. The van der Waals surface area contributed by atoms with Crippen molar-refractivity contribution in [2.75, 3.05) is 10.6 Å². The number of benzene rings is 1. The number of hydrogen-bond acceptors (Lipinski definition) is 5. The Balaban J connectivity index is 1.65. The Morgan fingerprint density at radius 2 is 1.90 bits per heavy atom. The third-order valence-corrected chi connectivity index (χ3v) is 3.26. The first-order valence-corrected chi connectivity index (χ1v) is 6.63. The monoisotopic (exact) mass is 286 g/mol. The number of amides is 2. The van der Waals surface area contributed by atoms with Gasteiger partial charge in [-0.2, -0.15) is 0 Å². The molecular weight excluding hydrogens is 276 g/mol. The number of nitrogens with zero attached hydrogens (tertiary/aromatic N) is 2. The van der Waals surface area contributed by atoms with Crippen LogP contribution in [0.3, 0.4) is 0 Å². The first kappa shape index (κ1) is 12.4. The van der Waals surface area contributed by atoms with Gasteiger partial charge in [0.1, 0.15) is 0 Å². The average Bonchev–Trinajstić information content (AvgIpc) is 3.10. The van der Waals surface area contributed by atoms with Crippen LogP contribution in [0.25, 0.3) is 10.8 Å². The summed E-state index contributed by atoms with van der Waals surface area (Å²) in [6.07, 6.45) is 1.56. The molecule has 0 atom stereocenters. The minimum Gasteiger partial charge on any atom is -0.462 e. The number of nitrogens with one attached hydrogen (secondary N) is 2. The summed E-state index contributed by atoms with van der Waals surface area (Å²) in [6.45, 7) is 0. The molecule has 2 heterocycles. The van der Waals surface area contributed by atoms with Crippen LogP contribution in [-0.2, 0) is 0 Å². The summed E-state index contributed by atoms with van der Waals surface area (Å²) >= 11 is 1.24. The average molecular weight is 286 g/mol. The van der Waals surface area contributed by atoms with Crippen molar-refractivity contribution in [3.05, 3.63) is 48.7 Å². The molecule has 3 rings (SSSR count). The second kappa shape index (κ2) is 5.54. The van der Waals surface area contributed by atoms with E-state index >= 15 is 0 Å². The van der Waals surface area contributed by atoms with Crippen LogP contribution in [0, 0.1) is 0 Å². The standard InChI is InChI=1S/C13H10N4O2S/c18-12(14-9-5-2-1-3-6-9)15-13-17-16-11(20-13)10-7-4-8-19-10/h1-8H,(H2,14,15,17,18). The molecular formula is C13H10N4O2S. The van der Waals surface area contributed by atoms with E-state index < -0.39 is 0 Å². The zero-order valence-corrected chi connectivity index (χ0v) is 11.1. The van der Waals surface area contributed by atoms with Crippen LogP contribution < -0.4 is 10.6 Å². The zero-order chi connectivity index (χ0) is 13.8. The second-order valence-electron chi connectivity index (χ2n) is 3.83. The third-order valence-electron chi connectivity index (χ3n) is 2.41. The lowest BCUT2D eigenvalue weighted by Crippen LogP contribution is -2.19. The molecule has 1 aromatic carbocycles. The van der Waals surface area contributed by atoms with Gasteiger partial charge in [-0.05, 0) is 24.3 Å². The molecule has 0 aliphatic heterocycles. The summed E-state index contributed by atoms with van der Waals surface area (Å²) in [5, 5.41) is 14.2. The highest BCUT2D eigenvalue weighted by Gasteiger charge is 2.11. The van der Waals surface area contributed by atoms with Crippen molar-refractivity contribution in [2.24, 2.45) is 0 Å². The van der Waals surface area contributed by atoms with E-state index in [9.17, 15) is 4.79 Å². The molecule has 7 heteroatoms. The number of hydrogen-bond donors (Lipinski definition) is 2. The molecule has 6 nitrogen and oxygen atoms in total. The number of carbonyl (C=O) groups excluding carboxylic acids is 1. The number of rotatable bonds is 3. The molecule has 0 aliphatic carbocycles. The molecule has 0 fully saturated rings. The molecule has 0 aliphatic rings. The van der Waals surface area contributed by atoms with Gasteiger partial charge in [0.05, 0.1) is 6.26 Å². The third kappa shape index (κ3) is 2.83. The predicted molar refractivity (Wildman–Crippen MR) is 76.7 cm³/mol. The van der Waals surface area contributed by atoms with Crippen LogP contribution in [0.5, 0.6) is 0 Å². The van der Waals surface area contributed by atoms with Crippen LogP contribution in [0.4, 0.5) is 15.6 Å². The normalized spacial score (nSPS) is 10.2. The van der Waals surface area contributed by atoms with Gasteiger partial charge < -0.3 is 9.73 Å². The van der Waals surface area contributed by atoms with E-state index in [0.717, 1.165) is 0 Å². The minimum absolute atomic E-state index is 0.363. The summed E-state index contributed by atoms with van der Waals surface area (Å²) in [5.41, 5.74) is 0.709. The van der Waals surface area contributed by atoms with Crippen LogP contribution in [0.1, 0.15) is 0 Å². The lowest BCUT2D eigenvalue weighted by atomic mass is 10.3. The number of para-hydroxylation sites is 1. The van der Waals surface area contributed by atoms with Crippen LogP contribution in [0.15, 0.2) is 53.1 Å². The highest BCUT2D eigenvalue weighted by atomic mass is 32.1. The van der Waals surface area contributed by atoms with E-state index in [1.54, 1.807) is 30.5 Å². The molecule has 2 aromatic heterocycles. The van der Waals surface area contributed by atoms with Crippen molar-refractivity contribution in [1.29, 1.82) is 0 Å². The molecule has 0 radical (unpaired) electrons. The molecule has 20 heavy (non-hydrogen) atoms. The number of anilines is 2. The fraction of sp³-hybridized carbons (Fsp3) is 0. The SMILES string of the molecule is O=C(Nc1ccccc1)Nc1nnc(-c2ccco2)s1. The largest absolute Gasteiger partial charge is 0.462 e.